The van der Waals surface area contributed by atoms with Gasteiger partial charge in [0, 0.05) is 18.1 Å². The van der Waals surface area contributed by atoms with Gasteiger partial charge in [0.15, 0.2) is 23.9 Å². The number of carbonyl (C=O) groups excluding carboxylic acids is 3. The molecule has 10 nitrogen and oxygen atoms in total. The summed E-state index contributed by atoms with van der Waals surface area (Å²) >= 11 is 12.6. The molecule has 0 saturated heterocycles. The van der Waals surface area contributed by atoms with Crippen LogP contribution < -0.4 is 23.8 Å². The molecule has 1 aliphatic heterocycles. The Morgan fingerprint density at radius 1 is 1.09 bits per heavy atom. The van der Waals surface area contributed by atoms with E-state index in [1.807, 2.05) is 0 Å². The molecule has 3 aromatic rings. The van der Waals surface area contributed by atoms with E-state index in [0.29, 0.717) is 22.0 Å². The summed E-state index contributed by atoms with van der Waals surface area (Å²) < 4.78 is 47.9. The van der Waals surface area contributed by atoms with Crippen molar-refractivity contribution in [2.75, 3.05) is 25.2 Å². The van der Waals surface area contributed by atoms with Crippen LogP contribution in [0.2, 0.25) is 10.0 Å². The Bertz CT molecular complexity index is 1560. The zero-order chi connectivity index (χ0) is 30.8. The number of pyridine rings is 1. The molecule has 1 aromatic heterocycles. The van der Waals surface area contributed by atoms with Gasteiger partial charge < -0.3 is 24.2 Å². The molecule has 1 atom stereocenters. The van der Waals surface area contributed by atoms with Crippen LogP contribution in [0.1, 0.15) is 40.4 Å². The molecule has 0 spiro atoms. The molecule has 1 saturated carbocycles. The molecule has 1 amide bonds. The number of Topliss-reactive ketones (excluding diaryl/α,β-unsaturated/α-hetero) is 1. The Balaban J connectivity index is 1.46. The second-order valence-electron chi connectivity index (χ2n) is 9.92. The van der Waals surface area contributed by atoms with E-state index in [2.05, 4.69) is 4.74 Å². The molecule has 0 radical (unpaired) electrons. The first kappa shape index (κ1) is 30.3. The highest BCUT2D eigenvalue weighted by Gasteiger charge is 2.38. The Morgan fingerprint density at radius 3 is 2.47 bits per heavy atom. The Labute approximate surface area is 254 Å². The molecule has 0 bridgehead atoms. The van der Waals surface area contributed by atoms with Gasteiger partial charge in [-0.1, -0.05) is 29.3 Å². The van der Waals surface area contributed by atoms with Crippen LogP contribution in [0.15, 0.2) is 48.8 Å². The van der Waals surface area contributed by atoms with Crippen LogP contribution in [0.25, 0.3) is 0 Å². The Morgan fingerprint density at radius 2 is 1.81 bits per heavy atom. The lowest BCUT2D eigenvalue weighted by Gasteiger charge is -2.23. The average molecular weight is 637 g/mol. The van der Waals surface area contributed by atoms with Crippen LogP contribution in [-0.4, -0.2) is 44.5 Å². The van der Waals surface area contributed by atoms with Gasteiger partial charge in [0.25, 0.3) is 11.7 Å². The zero-order valence-electron chi connectivity index (χ0n) is 22.6. The lowest BCUT2D eigenvalue weighted by Crippen LogP contribution is -2.36. The summed E-state index contributed by atoms with van der Waals surface area (Å²) in [6.45, 7) is -3.46. The van der Waals surface area contributed by atoms with E-state index >= 15 is 0 Å². The fourth-order valence-electron chi connectivity index (χ4n) is 4.54. The van der Waals surface area contributed by atoms with Crippen molar-refractivity contribution in [3.63, 3.8) is 0 Å². The third kappa shape index (κ3) is 6.91. The molecule has 1 aliphatic carbocycles. The summed E-state index contributed by atoms with van der Waals surface area (Å²) in [6.07, 6.45) is 2.75. The van der Waals surface area contributed by atoms with Crippen LogP contribution in [0, 0.1) is 11.1 Å². The number of ketones is 1. The van der Waals surface area contributed by atoms with Crippen molar-refractivity contribution in [1.29, 1.82) is 0 Å². The first-order valence-corrected chi connectivity index (χ1v) is 13.8. The van der Waals surface area contributed by atoms with E-state index in [9.17, 15) is 28.4 Å². The maximum atomic E-state index is 13.3. The topological polar surface area (TPSA) is 118 Å². The van der Waals surface area contributed by atoms with Crippen molar-refractivity contribution in [3.05, 3.63) is 80.7 Å². The number of esters is 1. The second-order valence-corrected chi connectivity index (χ2v) is 10.7. The third-order valence-corrected chi connectivity index (χ3v) is 7.57. The van der Waals surface area contributed by atoms with Crippen molar-refractivity contribution in [2.45, 2.75) is 32.0 Å². The maximum absolute atomic E-state index is 13.3. The van der Waals surface area contributed by atoms with Gasteiger partial charge >= 0.3 is 12.6 Å². The fraction of sp³-hybridized carbons (Fsp3) is 0.310. The van der Waals surface area contributed by atoms with Crippen molar-refractivity contribution in [2.24, 2.45) is 5.92 Å². The molecule has 0 N–H and O–H groups in total. The number of anilines is 1. The van der Waals surface area contributed by atoms with Gasteiger partial charge in [0.2, 0.25) is 0 Å². The summed E-state index contributed by atoms with van der Waals surface area (Å²) in [5.41, 5.74) is 0.860. The van der Waals surface area contributed by atoms with Crippen molar-refractivity contribution in [3.8, 4) is 17.2 Å². The van der Waals surface area contributed by atoms with Gasteiger partial charge in [-0.15, -0.1) is 0 Å². The molecule has 1 fully saturated rings. The average Bonchev–Trinajstić information content (AvgIpc) is 3.76. The number of hydrogen-bond acceptors (Lipinski definition) is 8. The maximum Gasteiger partial charge on any atom is 0.387 e. The minimum Gasteiger partial charge on any atom is -0.619 e. The SMILES string of the molecule is COc1ccc2c(c1)N(CC(=O)OC(Cc1c(Cl)c[n+]([O-])cc1Cl)c1ccc(OC(F)F)c(OCC3CC3)c1)C(=O)C2=O. The van der Waals surface area contributed by atoms with Gasteiger partial charge in [-0.25, -0.2) is 0 Å². The van der Waals surface area contributed by atoms with Crippen LogP contribution in [0.3, 0.4) is 0 Å². The number of nitrogens with zero attached hydrogens (tertiary/aromatic N) is 2. The number of halogens is 4. The van der Waals surface area contributed by atoms with Gasteiger partial charge in [0.05, 0.1) is 25.0 Å². The predicted molar refractivity (Wildman–Crippen MR) is 149 cm³/mol. The molecule has 2 aromatic carbocycles. The first-order valence-electron chi connectivity index (χ1n) is 13.1. The Hall–Kier alpha value is -4.16. The van der Waals surface area contributed by atoms with E-state index in [0.717, 1.165) is 30.1 Å². The monoisotopic (exact) mass is 636 g/mol. The van der Waals surface area contributed by atoms with Crippen LogP contribution in [0.5, 0.6) is 17.2 Å². The van der Waals surface area contributed by atoms with Crippen LogP contribution in [-0.2, 0) is 20.7 Å². The number of benzene rings is 2. The standard InChI is InChI=1S/C29H24Cl2F2N2O8/c1-40-17-5-6-18-22(9-17)35(28(38)27(18)37)13-26(36)42-24(10-19-20(30)11-34(39)12-21(19)31)16-4-7-23(43-29(32)33)25(8-16)41-14-15-2-3-15/h4-9,11-12,15,24,29H,2-3,10,13-14H2,1H3. The normalized spacial score (nSPS) is 15.0. The predicted octanol–water partition coefficient (Wildman–Crippen LogP) is 5.08. The van der Waals surface area contributed by atoms with Crippen molar-refractivity contribution in [1.82, 2.24) is 0 Å². The highest BCUT2D eigenvalue weighted by atomic mass is 35.5. The third-order valence-electron chi connectivity index (χ3n) is 6.91. The molecule has 1 unspecified atom stereocenters. The number of fused-ring (bicyclic) bond motifs is 1. The molecule has 43 heavy (non-hydrogen) atoms. The lowest BCUT2D eigenvalue weighted by atomic mass is 10.0. The number of alkyl halides is 2. The largest absolute Gasteiger partial charge is 0.619 e. The summed E-state index contributed by atoms with van der Waals surface area (Å²) in [7, 11) is 1.41. The number of hydrogen-bond donors (Lipinski definition) is 0. The van der Waals surface area contributed by atoms with E-state index in [1.54, 1.807) is 0 Å². The second kappa shape index (κ2) is 12.6. The fourth-order valence-corrected chi connectivity index (χ4v) is 5.14. The van der Waals surface area contributed by atoms with Crippen LogP contribution >= 0.6 is 23.2 Å². The molecule has 14 heteroatoms. The van der Waals surface area contributed by atoms with E-state index in [1.165, 1.54) is 43.5 Å². The van der Waals surface area contributed by atoms with E-state index < -0.39 is 36.9 Å². The van der Waals surface area contributed by atoms with Crippen LogP contribution in [0.4, 0.5) is 14.5 Å². The van der Waals surface area contributed by atoms with Gasteiger partial charge in [-0.05, 0) is 48.6 Å². The molecule has 2 heterocycles. The molecule has 2 aliphatic rings. The Kier molecular flexibility index (Phi) is 8.88. The van der Waals surface area contributed by atoms with Gasteiger partial charge in [-0.2, -0.15) is 13.5 Å². The molecule has 226 valence electrons. The van der Waals surface area contributed by atoms with E-state index in [4.69, 9.17) is 37.4 Å². The number of aromatic nitrogens is 1. The lowest BCUT2D eigenvalue weighted by molar-refractivity contribution is -0.605. The van der Waals surface area contributed by atoms with Crippen molar-refractivity contribution < 1.29 is 46.8 Å². The number of rotatable bonds is 12. The summed E-state index contributed by atoms with van der Waals surface area (Å²) in [5, 5.41) is 11.8. The highest BCUT2D eigenvalue weighted by molar-refractivity contribution is 6.52. The van der Waals surface area contributed by atoms with Gasteiger partial charge in [0.1, 0.15) is 28.4 Å². The smallest absolute Gasteiger partial charge is 0.387 e. The molecular formula is C29H24Cl2F2N2O8. The molecular weight excluding hydrogens is 613 g/mol. The summed E-state index contributed by atoms with van der Waals surface area (Å²) in [6, 6.07) is 8.47. The van der Waals surface area contributed by atoms with E-state index in [-0.39, 0.29) is 51.4 Å². The number of methoxy groups -OCH3 is 1. The quantitative estimate of drug-likeness (QED) is 0.117. The number of carbonyl (C=O) groups is 3. The minimum atomic E-state index is -3.11. The van der Waals surface area contributed by atoms with Crippen molar-refractivity contribution >= 4 is 46.5 Å². The zero-order valence-corrected chi connectivity index (χ0v) is 24.1. The minimum absolute atomic E-state index is 0.00671. The first-order chi connectivity index (χ1) is 20.5. The summed E-state index contributed by atoms with van der Waals surface area (Å²) in [5.74, 6) is -2.16. The number of ether oxygens (including phenoxy) is 4. The highest BCUT2D eigenvalue weighted by Crippen LogP contribution is 2.38. The summed E-state index contributed by atoms with van der Waals surface area (Å²) in [4.78, 5) is 39.5. The molecule has 5 rings (SSSR count). The number of amides is 1. The van der Waals surface area contributed by atoms with Gasteiger partial charge in [-0.3, -0.25) is 19.3 Å².